The number of hydrogen-bond acceptors (Lipinski definition) is 2. The third kappa shape index (κ3) is 6.77. The lowest BCUT2D eigenvalue weighted by Crippen LogP contribution is -2.01. The Balaban J connectivity index is 2.00. The van der Waals surface area contributed by atoms with Crippen molar-refractivity contribution in [1.29, 1.82) is 0 Å². The first-order valence-corrected chi connectivity index (χ1v) is 12.0. The molecule has 0 aliphatic heterocycles. The van der Waals surface area contributed by atoms with Gasteiger partial charge in [-0.1, -0.05) is 50.9 Å². The van der Waals surface area contributed by atoms with Crippen molar-refractivity contribution in [2.45, 2.75) is 51.9 Å². The first-order chi connectivity index (χ1) is 12.8. The van der Waals surface area contributed by atoms with Crippen LogP contribution in [0.5, 0.6) is 11.5 Å². The summed E-state index contributed by atoms with van der Waals surface area (Å²) in [5.74, 6) is 1.99. The average molecular weight is 486 g/mol. The van der Waals surface area contributed by atoms with Gasteiger partial charge in [0, 0.05) is 16.2 Å². The number of alkyl halides is 2. The van der Waals surface area contributed by atoms with Crippen molar-refractivity contribution >= 4 is 42.6 Å². The van der Waals surface area contributed by atoms with Gasteiger partial charge in [-0.15, -0.1) is 0 Å². The molecule has 0 saturated carbocycles. The molecule has 0 unspecified atom stereocenters. The minimum atomic E-state index is 0.786. The van der Waals surface area contributed by atoms with Gasteiger partial charge in [0.05, 0.1) is 13.2 Å². The largest absolute Gasteiger partial charge is 0.494 e. The fraction of sp³-hybridized carbons (Fsp3) is 0.545. The van der Waals surface area contributed by atoms with Crippen molar-refractivity contribution in [1.82, 2.24) is 0 Å². The molecule has 0 N–H and O–H groups in total. The summed E-state index contributed by atoms with van der Waals surface area (Å²) >= 11 is 6.94. The Hall–Kier alpha value is -0.740. The van der Waals surface area contributed by atoms with Crippen LogP contribution in [0.4, 0.5) is 0 Å². The quantitative estimate of drug-likeness (QED) is 0.219. The predicted octanol–water partition coefficient (Wildman–Crippen LogP) is 7.29. The van der Waals surface area contributed by atoms with Gasteiger partial charge in [0.15, 0.2) is 0 Å². The highest BCUT2D eigenvalue weighted by Gasteiger charge is 2.08. The number of hydrogen-bond donors (Lipinski definition) is 0. The summed E-state index contributed by atoms with van der Waals surface area (Å²) < 4.78 is 12.0. The van der Waals surface area contributed by atoms with Crippen LogP contribution < -0.4 is 9.47 Å². The molecular formula is C22H30Br2O2. The molecule has 0 fully saturated rings. The molecule has 0 aliphatic rings. The van der Waals surface area contributed by atoms with E-state index in [2.05, 4.69) is 69.1 Å². The van der Waals surface area contributed by atoms with Crippen LogP contribution in [0.25, 0.3) is 10.8 Å². The van der Waals surface area contributed by atoms with E-state index in [0.29, 0.717) is 0 Å². The molecule has 4 heteroatoms. The second-order valence-corrected chi connectivity index (χ2v) is 8.06. The standard InChI is InChI=1S/C22H30Br2O2/c1-2-20-21-11-10-19(25-15-7-3-5-13-23)17-18(21)9-12-22(20)26-16-8-4-6-14-24/h9-12,17H,2-8,13-16H2,1H3. The molecule has 0 amide bonds. The fourth-order valence-electron chi connectivity index (χ4n) is 3.06. The summed E-state index contributed by atoms with van der Waals surface area (Å²) in [6.07, 6.45) is 8.01. The van der Waals surface area contributed by atoms with Gasteiger partial charge in [0.1, 0.15) is 11.5 Å². The molecule has 0 saturated heterocycles. The van der Waals surface area contributed by atoms with Crippen LogP contribution >= 0.6 is 31.9 Å². The Morgan fingerprint density at radius 1 is 0.769 bits per heavy atom. The van der Waals surface area contributed by atoms with E-state index in [9.17, 15) is 0 Å². The van der Waals surface area contributed by atoms with E-state index in [1.165, 1.54) is 42.0 Å². The number of unbranched alkanes of at least 4 members (excludes halogenated alkanes) is 4. The highest BCUT2D eigenvalue weighted by Crippen LogP contribution is 2.31. The second kappa shape index (κ2) is 12.6. The molecule has 0 heterocycles. The van der Waals surface area contributed by atoms with Crippen LogP contribution in [0.3, 0.4) is 0 Å². The van der Waals surface area contributed by atoms with E-state index in [0.717, 1.165) is 54.6 Å². The van der Waals surface area contributed by atoms with Crippen LogP contribution in [0.1, 0.15) is 51.0 Å². The van der Waals surface area contributed by atoms with Crippen molar-refractivity contribution in [3.8, 4) is 11.5 Å². The zero-order chi connectivity index (χ0) is 18.6. The summed E-state index contributed by atoms with van der Waals surface area (Å²) in [4.78, 5) is 0. The van der Waals surface area contributed by atoms with Crippen LogP contribution in [0, 0.1) is 0 Å². The summed E-state index contributed by atoms with van der Waals surface area (Å²) in [5.41, 5.74) is 1.30. The number of halogens is 2. The second-order valence-electron chi connectivity index (χ2n) is 6.47. The highest BCUT2D eigenvalue weighted by molar-refractivity contribution is 9.09. The van der Waals surface area contributed by atoms with Crippen molar-refractivity contribution in [3.63, 3.8) is 0 Å². The van der Waals surface area contributed by atoms with Crippen LogP contribution in [0.15, 0.2) is 30.3 Å². The van der Waals surface area contributed by atoms with E-state index < -0.39 is 0 Å². The van der Waals surface area contributed by atoms with Gasteiger partial charge in [-0.25, -0.2) is 0 Å². The van der Waals surface area contributed by atoms with Gasteiger partial charge in [-0.05, 0) is 73.9 Å². The highest BCUT2D eigenvalue weighted by atomic mass is 79.9. The molecule has 0 spiro atoms. The minimum Gasteiger partial charge on any atom is -0.494 e. The molecule has 2 rings (SSSR count). The Morgan fingerprint density at radius 3 is 2.12 bits per heavy atom. The normalized spacial score (nSPS) is 11.0. The zero-order valence-electron chi connectivity index (χ0n) is 15.7. The number of fused-ring (bicyclic) bond motifs is 1. The molecule has 0 aliphatic carbocycles. The molecule has 0 atom stereocenters. The van der Waals surface area contributed by atoms with Crippen LogP contribution in [-0.4, -0.2) is 23.9 Å². The van der Waals surface area contributed by atoms with E-state index in [1.54, 1.807) is 0 Å². The third-order valence-corrected chi connectivity index (χ3v) is 5.62. The van der Waals surface area contributed by atoms with Gasteiger partial charge in [0.2, 0.25) is 0 Å². The molecular weight excluding hydrogens is 456 g/mol. The summed E-state index contributed by atoms with van der Waals surface area (Å²) in [7, 11) is 0. The molecule has 0 bridgehead atoms. The lowest BCUT2D eigenvalue weighted by molar-refractivity contribution is 0.304. The SMILES string of the molecule is CCc1c(OCCCCCBr)ccc2cc(OCCCCCBr)ccc12. The van der Waals surface area contributed by atoms with Crippen molar-refractivity contribution in [2.75, 3.05) is 23.9 Å². The van der Waals surface area contributed by atoms with Gasteiger partial charge < -0.3 is 9.47 Å². The number of benzene rings is 2. The molecule has 2 nitrogen and oxygen atoms in total. The Labute approximate surface area is 174 Å². The molecule has 144 valence electrons. The molecule has 0 radical (unpaired) electrons. The smallest absolute Gasteiger partial charge is 0.123 e. The predicted molar refractivity (Wildman–Crippen MR) is 120 cm³/mol. The molecule has 26 heavy (non-hydrogen) atoms. The van der Waals surface area contributed by atoms with Gasteiger partial charge in [0.25, 0.3) is 0 Å². The van der Waals surface area contributed by atoms with Crippen LogP contribution in [-0.2, 0) is 6.42 Å². The van der Waals surface area contributed by atoms with E-state index in [-0.39, 0.29) is 0 Å². The van der Waals surface area contributed by atoms with Gasteiger partial charge in [-0.3, -0.25) is 0 Å². The number of aryl methyl sites for hydroxylation is 1. The maximum atomic E-state index is 6.06. The lowest BCUT2D eigenvalue weighted by Gasteiger charge is -2.14. The monoisotopic (exact) mass is 484 g/mol. The summed E-state index contributed by atoms with van der Waals surface area (Å²) in [6.45, 7) is 3.77. The van der Waals surface area contributed by atoms with Crippen molar-refractivity contribution in [3.05, 3.63) is 35.9 Å². The first-order valence-electron chi connectivity index (χ1n) is 9.73. The van der Waals surface area contributed by atoms with E-state index in [4.69, 9.17) is 9.47 Å². The van der Waals surface area contributed by atoms with Gasteiger partial charge >= 0.3 is 0 Å². The van der Waals surface area contributed by atoms with Gasteiger partial charge in [-0.2, -0.15) is 0 Å². The molecule has 0 aromatic heterocycles. The van der Waals surface area contributed by atoms with Crippen LogP contribution in [0.2, 0.25) is 0 Å². The third-order valence-electron chi connectivity index (χ3n) is 4.50. The number of ether oxygens (including phenoxy) is 2. The fourth-order valence-corrected chi connectivity index (χ4v) is 3.85. The topological polar surface area (TPSA) is 18.5 Å². The van der Waals surface area contributed by atoms with E-state index >= 15 is 0 Å². The minimum absolute atomic E-state index is 0.786. The maximum absolute atomic E-state index is 6.06. The Bertz CT molecular complexity index is 658. The molecule has 2 aromatic carbocycles. The number of rotatable bonds is 13. The Morgan fingerprint density at radius 2 is 1.46 bits per heavy atom. The first kappa shape index (κ1) is 21.6. The van der Waals surface area contributed by atoms with Crippen molar-refractivity contribution < 1.29 is 9.47 Å². The lowest BCUT2D eigenvalue weighted by atomic mass is 10.0. The summed E-state index contributed by atoms with van der Waals surface area (Å²) in [5, 5.41) is 4.65. The zero-order valence-corrected chi connectivity index (χ0v) is 18.9. The molecule has 2 aromatic rings. The Kier molecular flexibility index (Phi) is 10.5. The maximum Gasteiger partial charge on any atom is 0.123 e. The average Bonchev–Trinajstić information content (AvgIpc) is 2.67. The van der Waals surface area contributed by atoms with Crippen molar-refractivity contribution in [2.24, 2.45) is 0 Å². The summed E-state index contributed by atoms with van der Waals surface area (Å²) in [6, 6.07) is 10.7. The van der Waals surface area contributed by atoms with E-state index in [1.807, 2.05) is 0 Å².